The molecule has 3 aromatic rings. The molecule has 0 unspecified atom stereocenters. The van der Waals surface area contributed by atoms with E-state index in [-0.39, 0.29) is 19.3 Å². The number of nitrogens with zero attached hydrogens (tertiary/aromatic N) is 1. The molecule has 0 fully saturated rings. The molecule has 0 spiro atoms. The van der Waals surface area contributed by atoms with Gasteiger partial charge in [-0.25, -0.2) is 9.78 Å². The van der Waals surface area contributed by atoms with E-state index in [1.165, 1.54) is 0 Å². The van der Waals surface area contributed by atoms with Gasteiger partial charge >= 0.3 is 5.97 Å². The van der Waals surface area contributed by atoms with Crippen LogP contribution in [-0.4, -0.2) is 36.8 Å². The number of carbonyl (C=O) groups excluding carboxylic acids is 2. The molecule has 1 N–H and O–H groups in total. The van der Waals surface area contributed by atoms with E-state index < -0.39 is 5.97 Å². The first-order valence-corrected chi connectivity index (χ1v) is 11.1. The summed E-state index contributed by atoms with van der Waals surface area (Å²) in [6, 6.07) is 13.4. The van der Waals surface area contributed by atoms with Gasteiger partial charge in [0.2, 0.25) is 6.79 Å². The summed E-state index contributed by atoms with van der Waals surface area (Å²) < 4.78 is 16.3. The molecule has 2 heterocycles. The molecule has 0 saturated carbocycles. The van der Waals surface area contributed by atoms with E-state index in [1.54, 1.807) is 0 Å². The summed E-state index contributed by atoms with van der Waals surface area (Å²) in [5.74, 6) is 0.644. The quantitative estimate of drug-likeness (QED) is 0.596. The molecule has 0 saturated heterocycles. The molecule has 7 heteroatoms. The SMILES string of the molecule is CCNC(=O)COC(=O)c1c2c(nc3ccccc13)/C(=C\c1ccc3c(c1)OCO3)CCC2. The van der Waals surface area contributed by atoms with Crippen LogP contribution in [0.15, 0.2) is 42.5 Å². The van der Waals surface area contributed by atoms with Gasteiger partial charge < -0.3 is 19.5 Å². The second-order valence-electron chi connectivity index (χ2n) is 8.00. The second-order valence-corrected chi connectivity index (χ2v) is 8.00. The number of hydrogen-bond acceptors (Lipinski definition) is 6. The molecule has 1 amide bonds. The normalized spacial score (nSPS) is 15.4. The van der Waals surface area contributed by atoms with Gasteiger partial charge in [0.05, 0.1) is 16.8 Å². The zero-order valence-corrected chi connectivity index (χ0v) is 18.3. The van der Waals surface area contributed by atoms with Crippen LogP contribution in [0.5, 0.6) is 11.5 Å². The van der Waals surface area contributed by atoms with Crippen LogP contribution in [0.4, 0.5) is 0 Å². The number of amides is 1. The maximum absolute atomic E-state index is 13.2. The van der Waals surface area contributed by atoms with Gasteiger partial charge in [0.1, 0.15) is 0 Å². The fourth-order valence-corrected chi connectivity index (χ4v) is 4.36. The second kappa shape index (κ2) is 8.94. The van der Waals surface area contributed by atoms with Crippen LogP contribution in [0.2, 0.25) is 0 Å². The minimum atomic E-state index is -0.500. The average Bonchev–Trinajstić information content (AvgIpc) is 3.29. The van der Waals surface area contributed by atoms with Crippen LogP contribution in [-0.2, 0) is 16.0 Å². The van der Waals surface area contributed by atoms with E-state index in [9.17, 15) is 9.59 Å². The summed E-state index contributed by atoms with van der Waals surface area (Å²) in [6.07, 6.45) is 4.54. The van der Waals surface area contributed by atoms with Crippen LogP contribution in [0.1, 0.15) is 46.9 Å². The summed E-state index contributed by atoms with van der Waals surface area (Å²) in [5.41, 5.74) is 4.93. The largest absolute Gasteiger partial charge is 0.454 e. The van der Waals surface area contributed by atoms with E-state index >= 15 is 0 Å². The van der Waals surface area contributed by atoms with Gasteiger partial charge in [-0.05, 0) is 67.2 Å². The lowest BCUT2D eigenvalue weighted by Crippen LogP contribution is -2.28. The average molecular weight is 444 g/mol. The van der Waals surface area contributed by atoms with Crippen molar-refractivity contribution in [2.24, 2.45) is 0 Å². The van der Waals surface area contributed by atoms with Crippen molar-refractivity contribution >= 4 is 34.4 Å². The Labute approximate surface area is 191 Å². The fraction of sp³-hybridized carbons (Fsp3) is 0.269. The molecule has 0 bridgehead atoms. The molecule has 5 rings (SSSR count). The molecule has 7 nitrogen and oxygen atoms in total. The fourth-order valence-electron chi connectivity index (χ4n) is 4.36. The molecule has 1 aliphatic carbocycles. The number of fused-ring (bicyclic) bond motifs is 3. The summed E-state index contributed by atoms with van der Waals surface area (Å²) in [7, 11) is 0. The Balaban J connectivity index is 1.57. The van der Waals surface area contributed by atoms with Crippen molar-refractivity contribution in [3.63, 3.8) is 0 Å². The van der Waals surface area contributed by atoms with Crippen molar-refractivity contribution in [2.45, 2.75) is 26.2 Å². The number of ether oxygens (including phenoxy) is 3. The van der Waals surface area contributed by atoms with Gasteiger partial charge in [0, 0.05) is 11.9 Å². The summed E-state index contributed by atoms with van der Waals surface area (Å²) in [5, 5.41) is 3.38. The molecule has 1 aromatic heterocycles. The molecular formula is C26H24N2O5. The maximum Gasteiger partial charge on any atom is 0.339 e. The Hall–Kier alpha value is -3.87. The van der Waals surface area contributed by atoms with E-state index in [2.05, 4.69) is 11.4 Å². The van der Waals surface area contributed by atoms with Crippen LogP contribution < -0.4 is 14.8 Å². The third-order valence-corrected chi connectivity index (χ3v) is 5.82. The molecule has 0 atom stereocenters. The van der Waals surface area contributed by atoms with Crippen molar-refractivity contribution in [3.8, 4) is 11.5 Å². The van der Waals surface area contributed by atoms with E-state index in [0.717, 1.165) is 64.1 Å². The molecular weight excluding hydrogens is 420 g/mol. The molecule has 2 aromatic carbocycles. The number of likely N-dealkylation sites (N-methyl/N-ethyl adjacent to an activating group) is 1. The Morgan fingerprint density at radius 3 is 2.85 bits per heavy atom. The molecule has 33 heavy (non-hydrogen) atoms. The number of benzene rings is 2. The number of rotatable bonds is 5. The Morgan fingerprint density at radius 1 is 1.12 bits per heavy atom. The van der Waals surface area contributed by atoms with E-state index in [0.29, 0.717) is 12.1 Å². The highest BCUT2D eigenvalue weighted by Gasteiger charge is 2.26. The highest BCUT2D eigenvalue weighted by molar-refractivity contribution is 6.07. The summed E-state index contributed by atoms with van der Waals surface area (Å²) in [6.45, 7) is 2.23. The zero-order chi connectivity index (χ0) is 22.8. The number of esters is 1. The number of allylic oxidation sites excluding steroid dienone is 1. The number of aromatic nitrogens is 1. The zero-order valence-electron chi connectivity index (χ0n) is 18.3. The molecule has 1 aliphatic heterocycles. The monoisotopic (exact) mass is 444 g/mol. The van der Waals surface area contributed by atoms with Crippen LogP contribution >= 0.6 is 0 Å². The van der Waals surface area contributed by atoms with Gasteiger partial charge in [0.25, 0.3) is 5.91 Å². The lowest BCUT2D eigenvalue weighted by molar-refractivity contribution is -0.124. The third-order valence-electron chi connectivity index (χ3n) is 5.82. The number of para-hydroxylation sites is 1. The summed E-state index contributed by atoms with van der Waals surface area (Å²) >= 11 is 0. The first kappa shape index (κ1) is 21.0. The lowest BCUT2D eigenvalue weighted by Gasteiger charge is -2.22. The van der Waals surface area contributed by atoms with Gasteiger partial charge in [-0.2, -0.15) is 0 Å². The third kappa shape index (κ3) is 4.14. The standard InChI is InChI=1S/C26H24N2O5/c1-2-27-23(29)14-31-26(30)24-18-7-3-4-9-20(18)28-25-17(6-5-8-19(24)25)12-16-10-11-21-22(13-16)33-15-32-21/h3-4,7,9-13H,2,5-6,8,14-15H2,1H3,(H,27,29)/b17-12-. The van der Waals surface area contributed by atoms with Gasteiger partial charge in [-0.15, -0.1) is 0 Å². The predicted molar refractivity (Wildman–Crippen MR) is 124 cm³/mol. The number of carbonyl (C=O) groups is 2. The van der Waals surface area contributed by atoms with Crippen LogP contribution in [0.3, 0.4) is 0 Å². The first-order chi connectivity index (χ1) is 16.1. The van der Waals surface area contributed by atoms with Crippen molar-refractivity contribution in [2.75, 3.05) is 19.9 Å². The Kier molecular flexibility index (Phi) is 5.69. The smallest absolute Gasteiger partial charge is 0.339 e. The molecule has 0 radical (unpaired) electrons. The van der Waals surface area contributed by atoms with E-state index in [4.69, 9.17) is 19.2 Å². The molecule has 2 aliphatic rings. The van der Waals surface area contributed by atoms with Crippen molar-refractivity contribution in [1.29, 1.82) is 0 Å². The molecule has 168 valence electrons. The predicted octanol–water partition coefficient (Wildman–Crippen LogP) is 4.13. The first-order valence-electron chi connectivity index (χ1n) is 11.1. The van der Waals surface area contributed by atoms with Crippen LogP contribution in [0, 0.1) is 0 Å². The van der Waals surface area contributed by atoms with E-state index in [1.807, 2.05) is 49.4 Å². The Morgan fingerprint density at radius 2 is 1.97 bits per heavy atom. The minimum absolute atomic E-state index is 0.230. The van der Waals surface area contributed by atoms with Gasteiger partial charge in [-0.3, -0.25) is 4.79 Å². The topological polar surface area (TPSA) is 86.8 Å². The highest BCUT2D eigenvalue weighted by Crippen LogP contribution is 2.38. The highest BCUT2D eigenvalue weighted by atomic mass is 16.7. The van der Waals surface area contributed by atoms with Crippen molar-refractivity contribution in [3.05, 3.63) is 64.8 Å². The Bertz CT molecular complexity index is 1280. The summed E-state index contributed by atoms with van der Waals surface area (Å²) in [4.78, 5) is 29.9. The number of hydrogen-bond donors (Lipinski definition) is 1. The maximum atomic E-state index is 13.2. The van der Waals surface area contributed by atoms with Crippen LogP contribution in [0.25, 0.3) is 22.6 Å². The lowest BCUT2D eigenvalue weighted by atomic mass is 9.86. The van der Waals surface area contributed by atoms with Crippen molar-refractivity contribution in [1.82, 2.24) is 10.3 Å². The van der Waals surface area contributed by atoms with Crippen molar-refractivity contribution < 1.29 is 23.8 Å². The number of nitrogens with one attached hydrogen (secondary N) is 1. The number of pyridine rings is 1. The van der Waals surface area contributed by atoms with Gasteiger partial charge in [-0.1, -0.05) is 24.3 Å². The van der Waals surface area contributed by atoms with Gasteiger partial charge in [0.15, 0.2) is 18.1 Å². The minimum Gasteiger partial charge on any atom is -0.454 e.